The molecule has 0 atom stereocenters. The van der Waals surface area contributed by atoms with Crippen LogP contribution in [0, 0.1) is 0 Å². The highest BCUT2D eigenvalue weighted by atomic mass is 35.5. The Morgan fingerprint density at radius 2 is 2.12 bits per heavy atom. The number of amides is 1. The van der Waals surface area contributed by atoms with E-state index < -0.39 is 0 Å². The Morgan fingerprint density at radius 3 is 2.81 bits per heavy atom. The summed E-state index contributed by atoms with van der Waals surface area (Å²) in [5, 5.41) is 14.6. The summed E-state index contributed by atoms with van der Waals surface area (Å²) < 4.78 is 1.92. The molecule has 0 saturated heterocycles. The maximum Gasteiger partial charge on any atom is 0.234 e. The molecule has 3 aromatic rings. The zero-order valence-electron chi connectivity index (χ0n) is 14.7. The first kappa shape index (κ1) is 18.9. The highest BCUT2D eigenvalue weighted by molar-refractivity contribution is 7.99. The summed E-state index contributed by atoms with van der Waals surface area (Å²) >= 11 is 9.13. The summed E-state index contributed by atoms with van der Waals surface area (Å²) in [4.78, 5) is 13.5. The molecule has 1 amide bonds. The minimum absolute atomic E-state index is 0.134. The van der Waals surface area contributed by atoms with Crippen molar-refractivity contribution in [2.24, 2.45) is 7.05 Å². The fourth-order valence-electron chi connectivity index (χ4n) is 2.34. The van der Waals surface area contributed by atoms with Gasteiger partial charge in [0.05, 0.1) is 16.5 Å². The Balaban J connectivity index is 1.65. The maximum atomic E-state index is 12.2. The van der Waals surface area contributed by atoms with Gasteiger partial charge in [0.25, 0.3) is 0 Å². The van der Waals surface area contributed by atoms with E-state index in [1.54, 1.807) is 23.5 Å². The summed E-state index contributed by atoms with van der Waals surface area (Å²) in [6.45, 7) is 4.34. The fourth-order valence-corrected chi connectivity index (χ4v) is 4.14. The van der Waals surface area contributed by atoms with Crippen molar-refractivity contribution in [1.82, 2.24) is 14.8 Å². The van der Waals surface area contributed by atoms with Crippen LogP contribution in [0.1, 0.15) is 24.6 Å². The number of hydrogen-bond donors (Lipinski definition) is 1. The van der Waals surface area contributed by atoms with E-state index >= 15 is 0 Å². The second kappa shape index (κ2) is 8.24. The minimum atomic E-state index is -0.134. The third-order valence-corrected chi connectivity index (χ3v) is 6.35. The maximum absolute atomic E-state index is 12.2. The van der Waals surface area contributed by atoms with E-state index in [1.165, 1.54) is 16.6 Å². The quantitative estimate of drug-likeness (QED) is 0.582. The number of halogens is 1. The number of thioether (sulfide) groups is 1. The molecule has 0 bridgehead atoms. The number of aromatic nitrogens is 3. The third kappa shape index (κ3) is 4.28. The number of rotatable bonds is 6. The Hall–Kier alpha value is -1.83. The largest absolute Gasteiger partial charge is 0.324 e. The lowest BCUT2D eigenvalue weighted by molar-refractivity contribution is -0.113. The molecule has 0 fully saturated rings. The summed E-state index contributed by atoms with van der Waals surface area (Å²) in [5.74, 6) is 1.40. The Labute approximate surface area is 165 Å². The van der Waals surface area contributed by atoms with E-state index in [2.05, 4.69) is 40.8 Å². The molecule has 136 valence electrons. The normalized spacial score (nSPS) is 11.1. The monoisotopic (exact) mass is 406 g/mol. The van der Waals surface area contributed by atoms with Gasteiger partial charge in [-0.2, -0.15) is 0 Å². The number of carbonyl (C=O) groups is 1. The van der Waals surface area contributed by atoms with Crippen molar-refractivity contribution in [2.45, 2.75) is 24.9 Å². The predicted molar refractivity (Wildman–Crippen MR) is 109 cm³/mol. The van der Waals surface area contributed by atoms with E-state index in [-0.39, 0.29) is 11.7 Å². The lowest BCUT2D eigenvalue weighted by atomic mass is 10.1. The first-order chi connectivity index (χ1) is 12.5. The van der Waals surface area contributed by atoms with Gasteiger partial charge in [-0.15, -0.1) is 21.5 Å². The average molecular weight is 407 g/mol. The van der Waals surface area contributed by atoms with Crippen molar-refractivity contribution in [1.29, 1.82) is 0 Å². The third-order valence-electron chi connectivity index (χ3n) is 3.76. The van der Waals surface area contributed by atoms with Crippen molar-refractivity contribution in [3.8, 4) is 11.4 Å². The molecule has 0 radical (unpaired) electrons. The van der Waals surface area contributed by atoms with Crippen LogP contribution in [0.25, 0.3) is 11.4 Å². The zero-order chi connectivity index (χ0) is 18.7. The highest BCUT2D eigenvalue weighted by Gasteiger charge is 2.15. The zero-order valence-corrected chi connectivity index (χ0v) is 17.1. The second-order valence-electron chi connectivity index (χ2n) is 6.07. The second-order valence-corrected chi connectivity index (χ2v) is 8.37. The van der Waals surface area contributed by atoms with Gasteiger partial charge < -0.3 is 9.88 Å². The van der Waals surface area contributed by atoms with Gasteiger partial charge in [0.15, 0.2) is 11.0 Å². The molecule has 5 nitrogen and oxygen atoms in total. The molecule has 2 aromatic heterocycles. The van der Waals surface area contributed by atoms with Crippen LogP contribution in [0.3, 0.4) is 0 Å². The molecule has 26 heavy (non-hydrogen) atoms. The van der Waals surface area contributed by atoms with Crippen LogP contribution in [-0.4, -0.2) is 26.4 Å². The summed E-state index contributed by atoms with van der Waals surface area (Å²) in [6, 6.07) is 9.32. The van der Waals surface area contributed by atoms with Crippen LogP contribution in [0.15, 0.2) is 40.9 Å². The van der Waals surface area contributed by atoms with Crippen molar-refractivity contribution < 1.29 is 4.79 Å². The topological polar surface area (TPSA) is 59.8 Å². The number of nitrogens with zero attached hydrogens (tertiary/aromatic N) is 3. The van der Waals surface area contributed by atoms with Gasteiger partial charge in [-0.25, -0.2) is 0 Å². The van der Waals surface area contributed by atoms with E-state index in [9.17, 15) is 4.79 Å². The van der Waals surface area contributed by atoms with E-state index in [0.717, 1.165) is 11.4 Å². The first-order valence-corrected chi connectivity index (χ1v) is 10.4. The molecule has 8 heteroatoms. The number of carbonyl (C=O) groups excluding carboxylic acids is 1. The molecule has 0 aliphatic rings. The van der Waals surface area contributed by atoms with Crippen LogP contribution < -0.4 is 5.32 Å². The lowest BCUT2D eigenvalue weighted by Crippen LogP contribution is -2.14. The molecule has 1 aromatic carbocycles. The van der Waals surface area contributed by atoms with Gasteiger partial charge in [0.1, 0.15) is 0 Å². The van der Waals surface area contributed by atoms with Gasteiger partial charge in [-0.1, -0.05) is 49.3 Å². The molecular formula is C18H19ClN4OS2. The van der Waals surface area contributed by atoms with Crippen LogP contribution in [0.5, 0.6) is 0 Å². The van der Waals surface area contributed by atoms with E-state index in [1.807, 2.05) is 23.7 Å². The summed E-state index contributed by atoms with van der Waals surface area (Å²) in [7, 11) is 1.91. The predicted octanol–water partition coefficient (Wildman–Crippen LogP) is 5.05. The van der Waals surface area contributed by atoms with Crippen LogP contribution >= 0.6 is 34.7 Å². The fraction of sp³-hybridized carbons (Fsp3) is 0.278. The van der Waals surface area contributed by atoms with Crippen molar-refractivity contribution in [3.05, 3.63) is 45.6 Å². The van der Waals surface area contributed by atoms with Crippen LogP contribution in [0.2, 0.25) is 5.02 Å². The molecule has 0 saturated carbocycles. The molecule has 2 heterocycles. The number of benzene rings is 1. The number of nitrogens with one attached hydrogen (secondary N) is 1. The number of hydrogen-bond acceptors (Lipinski definition) is 5. The van der Waals surface area contributed by atoms with Crippen LogP contribution in [-0.2, 0) is 11.8 Å². The van der Waals surface area contributed by atoms with E-state index in [0.29, 0.717) is 21.8 Å². The number of anilines is 1. The van der Waals surface area contributed by atoms with Gasteiger partial charge >= 0.3 is 0 Å². The van der Waals surface area contributed by atoms with Gasteiger partial charge in [-0.3, -0.25) is 4.79 Å². The molecule has 0 spiro atoms. The first-order valence-electron chi connectivity index (χ1n) is 8.11. The highest BCUT2D eigenvalue weighted by Crippen LogP contribution is 2.30. The standard InChI is InChI=1S/C18H19ClN4OS2/c1-11(2)15-8-12(9-25-15)17-21-22-18(23(17)3)26-10-16(24)20-14-7-5-4-6-13(14)19/h4-9,11H,10H2,1-3H3,(H,20,24). The van der Waals surface area contributed by atoms with Gasteiger partial charge in [-0.05, 0) is 24.1 Å². The molecule has 3 rings (SSSR count). The Morgan fingerprint density at radius 1 is 1.35 bits per heavy atom. The molecule has 0 aliphatic heterocycles. The summed E-state index contributed by atoms with van der Waals surface area (Å²) in [5.41, 5.74) is 1.67. The van der Waals surface area contributed by atoms with E-state index in [4.69, 9.17) is 11.6 Å². The van der Waals surface area contributed by atoms with Crippen LogP contribution in [0.4, 0.5) is 5.69 Å². The number of thiophene rings is 1. The van der Waals surface area contributed by atoms with Gasteiger partial charge in [0, 0.05) is 22.9 Å². The molecule has 0 unspecified atom stereocenters. The van der Waals surface area contributed by atoms with Crippen molar-refractivity contribution in [2.75, 3.05) is 11.1 Å². The molecular weight excluding hydrogens is 388 g/mol. The Kier molecular flexibility index (Phi) is 6.01. The summed E-state index contributed by atoms with van der Waals surface area (Å²) in [6.07, 6.45) is 0. The Bertz CT molecular complexity index is 920. The van der Waals surface area contributed by atoms with Crippen molar-refractivity contribution in [3.63, 3.8) is 0 Å². The molecule has 1 N–H and O–H groups in total. The number of para-hydroxylation sites is 1. The molecule has 0 aliphatic carbocycles. The average Bonchev–Trinajstić information content (AvgIpc) is 3.22. The smallest absolute Gasteiger partial charge is 0.234 e. The minimum Gasteiger partial charge on any atom is -0.324 e. The van der Waals surface area contributed by atoms with Gasteiger partial charge in [0.2, 0.25) is 5.91 Å². The SMILES string of the molecule is CC(C)c1cc(-c2nnc(SCC(=O)Nc3ccccc3Cl)n2C)cs1. The lowest BCUT2D eigenvalue weighted by Gasteiger charge is -2.06. The van der Waals surface area contributed by atoms with Crippen molar-refractivity contribution >= 4 is 46.3 Å².